The number of anilines is 1. The van der Waals surface area contributed by atoms with Crippen LogP contribution in [0.4, 0.5) is 10.2 Å². The van der Waals surface area contributed by atoms with E-state index in [0.29, 0.717) is 10.8 Å². The van der Waals surface area contributed by atoms with Crippen LogP contribution in [0, 0.1) is 5.82 Å². The molecule has 0 saturated carbocycles. The molecule has 0 fully saturated rings. The van der Waals surface area contributed by atoms with Gasteiger partial charge in [-0.3, -0.25) is 9.69 Å². The van der Waals surface area contributed by atoms with Crippen molar-refractivity contribution in [3.05, 3.63) is 59.0 Å². The lowest BCUT2D eigenvalue weighted by Crippen LogP contribution is -2.27. The van der Waals surface area contributed by atoms with Gasteiger partial charge in [0.05, 0.1) is 5.56 Å². The Morgan fingerprint density at radius 3 is 2.78 bits per heavy atom. The summed E-state index contributed by atoms with van der Waals surface area (Å²) in [6.45, 7) is 0. The third-order valence-corrected chi connectivity index (χ3v) is 2.69. The van der Waals surface area contributed by atoms with Gasteiger partial charge in [0, 0.05) is 18.3 Å². The van der Waals surface area contributed by atoms with E-state index in [2.05, 4.69) is 4.98 Å². The molecule has 0 unspecified atom stereocenters. The second kappa shape index (κ2) is 5.14. The first kappa shape index (κ1) is 12.5. The number of rotatable bonds is 2. The predicted molar refractivity (Wildman–Crippen MR) is 68.4 cm³/mol. The van der Waals surface area contributed by atoms with Crippen LogP contribution in [0.25, 0.3) is 0 Å². The van der Waals surface area contributed by atoms with Crippen LogP contribution in [0.3, 0.4) is 0 Å². The number of carbonyl (C=O) groups excluding carboxylic acids is 1. The maximum absolute atomic E-state index is 13.6. The molecule has 0 saturated heterocycles. The highest BCUT2D eigenvalue weighted by Gasteiger charge is 2.18. The van der Waals surface area contributed by atoms with Crippen LogP contribution in [-0.4, -0.2) is 17.9 Å². The van der Waals surface area contributed by atoms with Crippen molar-refractivity contribution in [1.82, 2.24) is 4.98 Å². The van der Waals surface area contributed by atoms with Gasteiger partial charge in [-0.05, 0) is 30.3 Å². The van der Waals surface area contributed by atoms with Gasteiger partial charge >= 0.3 is 0 Å². The number of nitrogens with zero attached hydrogens (tertiary/aromatic N) is 2. The van der Waals surface area contributed by atoms with Gasteiger partial charge in [-0.1, -0.05) is 17.7 Å². The van der Waals surface area contributed by atoms with Crippen LogP contribution in [0.5, 0.6) is 0 Å². The lowest BCUT2D eigenvalue weighted by Gasteiger charge is -2.16. The molecule has 1 amide bonds. The average Bonchev–Trinajstić information content (AvgIpc) is 2.41. The van der Waals surface area contributed by atoms with Crippen LogP contribution in [0.15, 0.2) is 42.6 Å². The lowest BCUT2D eigenvalue weighted by molar-refractivity contribution is 0.0988. The molecule has 2 rings (SSSR count). The van der Waals surface area contributed by atoms with Crippen LogP contribution in [0.1, 0.15) is 10.4 Å². The molecule has 0 atom stereocenters. The summed E-state index contributed by atoms with van der Waals surface area (Å²) >= 11 is 5.76. The van der Waals surface area contributed by atoms with E-state index in [1.54, 1.807) is 24.4 Å². The maximum atomic E-state index is 13.6. The number of carbonyl (C=O) groups is 1. The fourth-order valence-corrected chi connectivity index (χ4v) is 1.67. The van der Waals surface area contributed by atoms with E-state index in [4.69, 9.17) is 11.6 Å². The first-order chi connectivity index (χ1) is 8.59. The summed E-state index contributed by atoms with van der Waals surface area (Å²) in [7, 11) is 1.53. The number of pyridine rings is 1. The Balaban J connectivity index is 2.34. The zero-order valence-corrected chi connectivity index (χ0v) is 10.4. The summed E-state index contributed by atoms with van der Waals surface area (Å²) in [5.41, 5.74) is -0.0735. The molecule has 3 nitrogen and oxygen atoms in total. The molecule has 92 valence electrons. The topological polar surface area (TPSA) is 33.2 Å². The first-order valence-electron chi connectivity index (χ1n) is 5.24. The summed E-state index contributed by atoms with van der Waals surface area (Å²) in [6, 6.07) is 9.03. The third kappa shape index (κ3) is 2.49. The van der Waals surface area contributed by atoms with Gasteiger partial charge in [-0.2, -0.15) is 0 Å². The summed E-state index contributed by atoms with van der Waals surface area (Å²) in [6.07, 6.45) is 1.56. The Morgan fingerprint density at radius 2 is 2.11 bits per heavy atom. The van der Waals surface area contributed by atoms with Gasteiger partial charge in [-0.15, -0.1) is 0 Å². The van der Waals surface area contributed by atoms with Crippen LogP contribution < -0.4 is 4.90 Å². The normalized spacial score (nSPS) is 10.2. The lowest BCUT2D eigenvalue weighted by atomic mass is 10.2. The Hall–Kier alpha value is -1.94. The van der Waals surface area contributed by atoms with E-state index in [0.717, 1.165) is 0 Å². The van der Waals surface area contributed by atoms with Crippen molar-refractivity contribution in [3.63, 3.8) is 0 Å². The number of halogens is 2. The smallest absolute Gasteiger partial charge is 0.262 e. The Bertz CT molecular complexity index is 574. The van der Waals surface area contributed by atoms with Crippen LogP contribution >= 0.6 is 11.6 Å². The quantitative estimate of drug-likeness (QED) is 0.835. The molecule has 5 heteroatoms. The average molecular weight is 265 g/mol. The van der Waals surface area contributed by atoms with Gasteiger partial charge in [0.1, 0.15) is 11.6 Å². The molecular weight excluding hydrogens is 255 g/mol. The molecule has 1 heterocycles. The Kier molecular flexibility index (Phi) is 3.58. The molecular formula is C13H10ClFN2O. The third-order valence-electron chi connectivity index (χ3n) is 2.46. The maximum Gasteiger partial charge on any atom is 0.262 e. The van der Waals surface area contributed by atoms with Gasteiger partial charge in [0.25, 0.3) is 5.91 Å². The van der Waals surface area contributed by atoms with Crippen molar-refractivity contribution in [2.45, 2.75) is 0 Å². The molecule has 2 aromatic rings. The highest BCUT2D eigenvalue weighted by molar-refractivity contribution is 6.31. The van der Waals surface area contributed by atoms with E-state index in [-0.39, 0.29) is 5.56 Å². The van der Waals surface area contributed by atoms with Gasteiger partial charge < -0.3 is 0 Å². The first-order valence-corrected chi connectivity index (χ1v) is 5.61. The van der Waals surface area contributed by atoms with E-state index in [9.17, 15) is 9.18 Å². The zero-order chi connectivity index (χ0) is 13.1. The molecule has 0 aliphatic rings. The minimum atomic E-state index is -0.604. The highest BCUT2D eigenvalue weighted by atomic mass is 35.5. The van der Waals surface area contributed by atoms with Gasteiger partial charge in [0.15, 0.2) is 0 Å². The molecule has 0 N–H and O–H groups in total. The van der Waals surface area contributed by atoms with Crippen molar-refractivity contribution in [2.24, 2.45) is 0 Å². The van der Waals surface area contributed by atoms with Crippen LogP contribution in [0.2, 0.25) is 5.02 Å². The fourth-order valence-electron chi connectivity index (χ4n) is 1.50. The van der Waals surface area contributed by atoms with Gasteiger partial charge in [-0.25, -0.2) is 9.37 Å². The van der Waals surface area contributed by atoms with Crippen molar-refractivity contribution < 1.29 is 9.18 Å². The van der Waals surface area contributed by atoms with E-state index < -0.39 is 11.7 Å². The van der Waals surface area contributed by atoms with E-state index in [1.807, 2.05) is 0 Å². The second-order valence-corrected chi connectivity index (χ2v) is 4.11. The Morgan fingerprint density at radius 1 is 1.33 bits per heavy atom. The molecule has 0 aliphatic carbocycles. The number of aromatic nitrogens is 1. The van der Waals surface area contributed by atoms with E-state index >= 15 is 0 Å². The molecule has 0 radical (unpaired) electrons. The van der Waals surface area contributed by atoms with Crippen LogP contribution in [-0.2, 0) is 0 Å². The summed E-state index contributed by atoms with van der Waals surface area (Å²) in [4.78, 5) is 17.4. The number of benzene rings is 1. The highest BCUT2D eigenvalue weighted by Crippen LogP contribution is 2.18. The molecule has 18 heavy (non-hydrogen) atoms. The molecule has 0 bridgehead atoms. The molecule has 1 aromatic carbocycles. The second-order valence-electron chi connectivity index (χ2n) is 3.68. The monoisotopic (exact) mass is 264 g/mol. The number of hydrogen-bond acceptors (Lipinski definition) is 2. The standard InChI is InChI=1S/C13H10ClFN2O/c1-17(12-4-2-3-7-16-12)13(18)10-8-9(14)5-6-11(10)15/h2-8H,1H3. The largest absolute Gasteiger partial charge is 0.296 e. The van der Waals surface area contributed by atoms with Gasteiger partial charge in [0.2, 0.25) is 0 Å². The summed E-state index contributed by atoms with van der Waals surface area (Å²) in [5, 5.41) is 0.314. The van der Waals surface area contributed by atoms with Crippen molar-refractivity contribution in [3.8, 4) is 0 Å². The Labute approximate surface area is 109 Å². The molecule has 0 aliphatic heterocycles. The predicted octanol–water partition coefficient (Wildman–Crippen LogP) is 3.15. The number of amides is 1. The summed E-state index contributed by atoms with van der Waals surface area (Å²) < 4.78 is 13.6. The van der Waals surface area contributed by atoms with Crippen molar-refractivity contribution >= 4 is 23.3 Å². The minimum Gasteiger partial charge on any atom is -0.296 e. The minimum absolute atomic E-state index is 0.0735. The number of hydrogen-bond donors (Lipinski definition) is 0. The fraction of sp³-hybridized carbons (Fsp3) is 0.0769. The molecule has 1 aromatic heterocycles. The SMILES string of the molecule is CN(C(=O)c1cc(Cl)ccc1F)c1ccccn1. The van der Waals surface area contributed by atoms with Crippen molar-refractivity contribution in [2.75, 3.05) is 11.9 Å². The van der Waals surface area contributed by atoms with Crippen molar-refractivity contribution in [1.29, 1.82) is 0 Å². The summed E-state index contributed by atoms with van der Waals surface area (Å²) in [5.74, 6) is -0.650. The molecule has 0 spiro atoms. The van der Waals surface area contributed by atoms with E-state index in [1.165, 1.54) is 30.1 Å². The zero-order valence-electron chi connectivity index (χ0n) is 9.60.